The lowest BCUT2D eigenvalue weighted by atomic mass is 10.1. The second-order valence-corrected chi connectivity index (χ2v) is 8.32. The largest absolute Gasteiger partial charge is 0.416 e. The van der Waals surface area contributed by atoms with Gasteiger partial charge in [0.2, 0.25) is 0 Å². The van der Waals surface area contributed by atoms with Crippen LogP contribution in [0.4, 0.5) is 18.9 Å². The summed E-state index contributed by atoms with van der Waals surface area (Å²) in [5, 5.41) is 10.9. The summed E-state index contributed by atoms with van der Waals surface area (Å²) < 4.78 is 43.7. The summed E-state index contributed by atoms with van der Waals surface area (Å²) in [6.45, 7) is 3.57. The first-order valence-electron chi connectivity index (χ1n) is 11.0. The number of carbonyl (C=O) groups excluding carboxylic acids is 1. The molecule has 0 unspecified atom stereocenters. The number of nitrogens with one attached hydrogen (secondary N) is 1. The van der Waals surface area contributed by atoms with Crippen LogP contribution < -0.4 is 5.32 Å². The van der Waals surface area contributed by atoms with Gasteiger partial charge in [-0.2, -0.15) is 13.2 Å². The second kappa shape index (κ2) is 9.30. The van der Waals surface area contributed by atoms with E-state index in [4.69, 9.17) is 0 Å². The molecule has 0 spiro atoms. The zero-order valence-electron chi connectivity index (χ0n) is 19.6. The van der Waals surface area contributed by atoms with Gasteiger partial charge in [-0.3, -0.25) is 4.79 Å². The highest BCUT2D eigenvalue weighted by Gasteiger charge is 2.31. The van der Waals surface area contributed by atoms with Gasteiger partial charge in [-0.1, -0.05) is 11.3 Å². The Morgan fingerprint density at radius 3 is 2.49 bits per heavy atom. The van der Waals surface area contributed by atoms with Gasteiger partial charge in [-0.05, 0) is 49.7 Å². The van der Waals surface area contributed by atoms with Gasteiger partial charge in [0.25, 0.3) is 5.91 Å². The van der Waals surface area contributed by atoms with Gasteiger partial charge < -0.3 is 9.88 Å². The van der Waals surface area contributed by atoms with E-state index in [1.54, 1.807) is 49.9 Å². The fourth-order valence-electron chi connectivity index (χ4n) is 3.70. The third-order valence-corrected chi connectivity index (χ3v) is 5.58. The van der Waals surface area contributed by atoms with Crippen LogP contribution in [0, 0.1) is 13.8 Å². The van der Waals surface area contributed by atoms with Crippen molar-refractivity contribution in [2.24, 2.45) is 0 Å². The molecular weight excluding hydrogens is 485 g/mol. The standard InChI is InChI=1S/C25H19F3N8O/c1-15-3-4-17(5-23(15)36-12-22(33-34-36)18-9-29-13-30-10-18)24(37)32-20-6-19(25(26,27)28)7-21(8-20)35-11-16(2)31-14-35/h3-14H,1-2H3,(H,32,37). The van der Waals surface area contributed by atoms with Crippen molar-refractivity contribution in [3.05, 3.63) is 96.2 Å². The topological polar surface area (TPSA) is 103 Å². The average molecular weight is 504 g/mol. The SMILES string of the molecule is Cc1cn(-c2cc(NC(=O)c3ccc(C)c(-n4cc(-c5cncnc5)nn4)c3)cc(C(F)(F)F)c2)cn1. The molecular formula is C25H19F3N8O. The van der Waals surface area contributed by atoms with E-state index >= 15 is 0 Å². The molecule has 0 aliphatic rings. The van der Waals surface area contributed by atoms with Gasteiger partial charge in [-0.15, -0.1) is 5.10 Å². The van der Waals surface area contributed by atoms with Crippen LogP contribution in [0.3, 0.4) is 0 Å². The number of imidazole rings is 1. The quantitative estimate of drug-likeness (QED) is 0.369. The van der Waals surface area contributed by atoms with E-state index in [0.717, 1.165) is 17.7 Å². The Balaban J connectivity index is 1.45. The highest BCUT2D eigenvalue weighted by Crippen LogP contribution is 2.33. The van der Waals surface area contributed by atoms with E-state index in [9.17, 15) is 18.0 Å². The van der Waals surface area contributed by atoms with Gasteiger partial charge in [0.05, 0.1) is 29.5 Å². The summed E-state index contributed by atoms with van der Waals surface area (Å²) in [5.41, 5.74) is 2.82. The Morgan fingerprint density at radius 1 is 1.00 bits per heavy atom. The first-order chi connectivity index (χ1) is 17.7. The Labute approximate surface area is 208 Å². The molecule has 0 aliphatic heterocycles. The van der Waals surface area contributed by atoms with Crippen molar-refractivity contribution in [3.63, 3.8) is 0 Å². The molecule has 0 saturated carbocycles. The first kappa shape index (κ1) is 23.9. The fourth-order valence-corrected chi connectivity index (χ4v) is 3.70. The number of alkyl halides is 3. The Bertz CT molecular complexity index is 1590. The summed E-state index contributed by atoms with van der Waals surface area (Å²) >= 11 is 0. The van der Waals surface area contributed by atoms with Crippen LogP contribution in [-0.2, 0) is 6.18 Å². The van der Waals surface area contributed by atoms with E-state index in [1.807, 2.05) is 6.92 Å². The van der Waals surface area contributed by atoms with Crippen molar-refractivity contribution >= 4 is 11.6 Å². The van der Waals surface area contributed by atoms with Crippen molar-refractivity contribution < 1.29 is 18.0 Å². The lowest BCUT2D eigenvalue weighted by molar-refractivity contribution is -0.137. The van der Waals surface area contributed by atoms with Gasteiger partial charge in [0.1, 0.15) is 12.0 Å². The van der Waals surface area contributed by atoms with Crippen LogP contribution in [0.2, 0.25) is 0 Å². The summed E-state index contributed by atoms with van der Waals surface area (Å²) in [6, 6.07) is 8.26. The number of benzene rings is 2. The molecule has 3 aromatic heterocycles. The highest BCUT2D eigenvalue weighted by molar-refractivity contribution is 6.04. The molecule has 12 heteroatoms. The maximum Gasteiger partial charge on any atom is 0.416 e. The smallest absolute Gasteiger partial charge is 0.322 e. The van der Waals surface area contributed by atoms with Crippen molar-refractivity contribution in [1.29, 1.82) is 0 Å². The summed E-state index contributed by atoms with van der Waals surface area (Å²) in [5.74, 6) is -0.579. The average Bonchev–Trinajstić information content (AvgIpc) is 3.54. The number of aromatic nitrogens is 7. The number of carbonyl (C=O) groups is 1. The zero-order chi connectivity index (χ0) is 26.2. The maximum atomic E-state index is 13.6. The molecule has 0 bridgehead atoms. The molecule has 5 aromatic rings. The molecule has 2 aromatic carbocycles. The normalized spacial score (nSPS) is 11.5. The highest BCUT2D eigenvalue weighted by atomic mass is 19.4. The predicted molar refractivity (Wildman–Crippen MR) is 128 cm³/mol. The lowest BCUT2D eigenvalue weighted by Crippen LogP contribution is -2.15. The van der Waals surface area contributed by atoms with Gasteiger partial charge in [0, 0.05) is 41.1 Å². The van der Waals surface area contributed by atoms with Crippen LogP contribution in [-0.4, -0.2) is 40.4 Å². The number of halogens is 3. The monoisotopic (exact) mass is 504 g/mol. The predicted octanol–water partition coefficient (Wildman–Crippen LogP) is 4.80. The fraction of sp³-hybridized carbons (Fsp3) is 0.120. The zero-order valence-corrected chi connectivity index (χ0v) is 19.6. The molecule has 9 nitrogen and oxygen atoms in total. The number of aryl methyl sites for hydroxylation is 2. The van der Waals surface area contributed by atoms with Crippen molar-refractivity contribution in [3.8, 4) is 22.6 Å². The number of rotatable bonds is 5. The Kier molecular flexibility index (Phi) is 5.99. The molecule has 1 amide bonds. The number of amides is 1. The lowest BCUT2D eigenvalue weighted by Gasteiger charge is -2.14. The summed E-state index contributed by atoms with van der Waals surface area (Å²) in [7, 11) is 0. The van der Waals surface area contributed by atoms with Crippen LogP contribution in [0.5, 0.6) is 0 Å². The molecule has 3 heterocycles. The number of anilines is 1. The molecule has 0 fully saturated rings. The first-order valence-corrected chi connectivity index (χ1v) is 11.0. The molecule has 1 N–H and O–H groups in total. The van der Waals surface area contributed by atoms with Crippen LogP contribution >= 0.6 is 0 Å². The Morgan fingerprint density at radius 2 is 1.78 bits per heavy atom. The van der Waals surface area contributed by atoms with Crippen LogP contribution in [0.15, 0.2) is 73.8 Å². The van der Waals surface area contributed by atoms with Crippen LogP contribution in [0.25, 0.3) is 22.6 Å². The van der Waals surface area contributed by atoms with Gasteiger partial charge in [-0.25, -0.2) is 19.6 Å². The minimum absolute atomic E-state index is 0.00424. The number of hydrogen-bond donors (Lipinski definition) is 1. The minimum atomic E-state index is -4.60. The molecule has 0 atom stereocenters. The third-order valence-electron chi connectivity index (χ3n) is 5.58. The summed E-state index contributed by atoms with van der Waals surface area (Å²) in [6.07, 6.45) is 4.70. The maximum absolute atomic E-state index is 13.6. The van der Waals surface area contributed by atoms with Gasteiger partial charge in [0.15, 0.2) is 0 Å². The van der Waals surface area contributed by atoms with E-state index in [1.165, 1.54) is 28.0 Å². The number of hydrogen-bond acceptors (Lipinski definition) is 6. The van der Waals surface area contributed by atoms with Crippen molar-refractivity contribution in [1.82, 2.24) is 34.5 Å². The van der Waals surface area contributed by atoms with E-state index in [-0.39, 0.29) is 16.9 Å². The molecule has 186 valence electrons. The Hall–Kier alpha value is -4.87. The second-order valence-electron chi connectivity index (χ2n) is 8.32. The van der Waals surface area contributed by atoms with E-state index in [0.29, 0.717) is 22.6 Å². The third kappa shape index (κ3) is 5.08. The molecule has 0 aliphatic carbocycles. The molecule has 0 saturated heterocycles. The van der Waals surface area contributed by atoms with Crippen LogP contribution in [0.1, 0.15) is 27.2 Å². The van der Waals surface area contributed by atoms with Gasteiger partial charge >= 0.3 is 6.18 Å². The van der Waals surface area contributed by atoms with E-state index in [2.05, 4.69) is 30.6 Å². The molecule has 0 radical (unpaired) electrons. The van der Waals surface area contributed by atoms with Crippen molar-refractivity contribution in [2.45, 2.75) is 20.0 Å². The van der Waals surface area contributed by atoms with E-state index < -0.39 is 17.6 Å². The molecule has 37 heavy (non-hydrogen) atoms. The number of nitrogens with zero attached hydrogens (tertiary/aromatic N) is 7. The molecule has 5 rings (SSSR count). The van der Waals surface area contributed by atoms with Crippen molar-refractivity contribution in [2.75, 3.05) is 5.32 Å². The summed E-state index contributed by atoms with van der Waals surface area (Å²) in [4.78, 5) is 25.1. The minimum Gasteiger partial charge on any atom is -0.322 e.